The summed E-state index contributed by atoms with van der Waals surface area (Å²) in [6.45, 7) is 1.84. The molecule has 24 heavy (non-hydrogen) atoms. The molecule has 0 atom stereocenters. The summed E-state index contributed by atoms with van der Waals surface area (Å²) < 4.78 is 1.50. The number of benzene rings is 2. The molecule has 0 radical (unpaired) electrons. The largest absolute Gasteiger partial charge is 0.478 e. The number of nitrogen functional groups attached to an aromatic ring is 1. The molecule has 0 saturated heterocycles. The second kappa shape index (κ2) is 6.37. The molecule has 0 aliphatic rings. The van der Waals surface area contributed by atoms with Crippen LogP contribution in [0.15, 0.2) is 59.8 Å². The molecular weight excluding hydrogens is 304 g/mol. The fraction of sp³-hybridized carbons (Fsp3) is 0.0556. The number of rotatable bonds is 4. The zero-order valence-electron chi connectivity index (χ0n) is 13.0. The maximum atomic E-state index is 11.2. The molecule has 0 amide bonds. The fourth-order valence-corrected chi connectivity index (χ4v) is 2.41. The number of anilines is 1. The number of nitrogens with zero attached hydrogens (tertiary/aromatic N) is 3. The summed E-state index contributed by atoms with van der Waals surface area (Å²) in [6.07, 6.45) is 3.42. The van der Waals surface area contributed by atoms with Crippen LogP contribution in [0.5, 0.6) is 0 Å². The van der Waals surface area contributed by atoms with Crippen LogP contribution in [0.3, 0.4) is 0 Å². The third-order valence-corrected chi connectivity index (χ3v) is 3.54. The number of carboxylic acid groups (broad SMARTS) is 1. The third kappa shape index (κ3) is 3.17. The van der Waals surface area contributed by atoms with Crippen molar-refractivity contribution in [2.24, 2.45) is 5.10 Å². The maximum Gasteiger partial charge on any atom is 0.335 e. The van der Waals surface area contributed by atoms with Gasteiger partial charge in [-0.3, -0.25) is 0 Å². The number of aromatic nitrogens is 2. The zero-order chi connectivity index (χ0) is 17.1. The molecule has 3 N–H and O–H groups in total. The first-order valence-electron chi connectivity index (χ1n) is 7.33. The number of hydrogen-bond acceptors (Lipinski definition) is 4. The van der Waals surface area contributed by atoms with Crippen LogP contribution >= 0.6 is 0 Å². The highest BCUT2D eigenvalue weighted by Crippen LogP contribution is 2.23. The van der Waals surface area contributed by atoms with E-state index in [2.05, 4.69) is 10.1 Å². The highest BCUT2D eigenvalue weighted by molar-refractivity contribution is 5.93. The van der Waals surface area contributed by atoms with Crippen LogP contribution in [0.25, 0.3) is 11.1 Å². The first kappa shape index (κ1) is 15.5. The average molecular weight is 320 g/mol. The number of hydrogen-bond donors (Lipinski definition) is 2. The minimum absolute atomic E-state index is 0.244. The first-order chi connectivity index (χ1) is 11.5. The normalized spacial score (nSPS) is 11.0. The second-order valence-corrected chi connectivity index (χ2v) is 5.30. The molecule has 3 rings (SSSR count). The molecule has 0 spiro atoms. The topological polar surface area (TPSA) is 93.5 Å². The van der Waals surface area contributed by atoms with Crippen molar-refractivity contribution in [3.63, 3.8) is 0 Å². The van der Waals surface area contributed by atoms with Crippen LogP contribution in [-0.4, -0.2) is 27.0 Å². The Balaban J connectivity index is 2.01. The molecular formula is C18H16N4O2. The van der Waals surface area contributed by atoms with Crippen molar-refractivity contribution in [2.45, 2.75) is 6.92 Å². The van der Waals surface area contributed by atoms with E-state index in [0.29, 0.717) is 5.95 Å². The number of imidazole rings is 1. The lowest BCUT2D eigenvalue weighted by atomic mass is 9.99. The summed E-state index contributed by atoms with van der Waals surface area (Å²) in [5.74, 6) is -0.640. The molecule has 0 fully saturated rings. The van der Waals surface area contributed by atoms with Crippen LogP contribution in [0.1, 0.15) is 21.6 Å². The van der Waals surface area contributed by atoms with Gasteiger partial charge >= 0.3 is 5.97 Å². The van der Waals surface area contributed by atoms with E-state index in [-0.39, 0.29) is 5.56 Å². The Kier molecular flexibility index (Phi) is 4.11. The van der Waals surface area contributed by atoms with Gasteiger partial charge in [-0.15, -0.1) is 0 Å². The zero-order valence-corrected chi connectivity index (χ0v) is 13.0. The summed E-state index contributed by atoms with van der Waals surface area (Å²) in [5.41, 5.74) is 9.36. The van der Waals surface area contributed by atoms with Crippen molar-refractivity contribution >= 4 is 18.1 Å². The number of aromatic carboxylic acids is 1. The molecule has 0 unspecified atom stereocenters. The molecule has 120 valence electrons. The smallest absolute Gasteiger partial charge is 0.335 e. The molecule has 2 aromatic carbocycles. The minimum Gasteiger partial charge on any atom is -0.478 e. The van der Waals surface area contributed by atoms with E-state index in [4.69, 9.17) is 10.8 Å². The Labute approximate surface area is 138 Å². The second-order valence-electron chi connectivity index (χ2n) is 5.30. The van der Waals surface area contributed by atoms with Crippen molar-refractivity contribution < 1.29 is 9.90 Å². The van der Waals surface area contributed by atoms with E-state index in [9.17, 15) is 4.79 Å². The summed E-state index contributed by atoms with van der Waals surface area (Å²) >= 11 is 0. The minimum atomic E-state index is -0.954. The van der Waals surface area contributed by atoms with Crippen molar-refractivity contribution in [1.29, 1.82) is 0 Å². The quantitative estimate of drug-likeness (QED) is 0.723. The first-order valence-corrected chi connectivity index (χ1v) is 7.33. The standard InChI is InChI=1S/C18H16N4O2/c1-12-11-22(18(19)21-12)20-10-15-5-2-3-8-16(15)13-6-4-7-14(9-13)17(23)24/h2-11H,1H3,(H2,19,21)(H,23,24). The predicted molar refractivity (Wildman–Crippen MR) is 93.2 cm³/mol. The van der Waals surface area contributed by atoms with E-state index >= 15 is 0 Å². The summed E-state index contributed by atoms with van der Waals surface area (Å²) in [5, 5.41) is 13.5. The monoisotopic (exact) mass is 320 g/mol. The van der Waals surface area contributed by atoms with Gasteiger partial charge in [-0.2, -0.15) is 5.10 Å². The highest BCUT2D eigenvalue weighted by atomic mass is 16.4. The van der Waals surface area contributed by atoms with Gasteiger partial charge in [0.15, 0.2) is 0 Å². The Bertz CT molecular complexity index is 928. The van der Waals surface area contributed by atoms with Gasteiger partial charge in [0.05, 0.1) is 23.7 Å². The van der Waals surface area contributed by atoms with Crippen LogP contribution in [-0.2, 0) is 0 Å². The van der Waals surface area contributed by atoms with Crippen LogP contribution in [0.2, 0.25) is 0 Å². The fourth-order valence-electron chi connectivity index (χ4n) is 2.41. The molecule has 1 aromatic heterocycles. The van der Waals surface area contributed by atoms with Crippen LogP contribution in [0, 0.1) is 6.92 Å². The van der Waals surface area contributed by atoms with Crippen molar-refractivity contribution in [3.05, 3.63) is 71.5 Å². The van der Waals surface area contributed by atoms with Gasteiger partial charge < -0.3 is 10.8 Å². The Morgan fingerprint density at radius 1 is 1.25 bits per heavy atom. The Morgan fingerprint density at radius 2 is 2.04 bits per heavy atom. The van der Waals surface area contributed by atoms with Crippen molar-refractivity contribution in [3.8, 4) is 11.1 Å². The highest BCUT2D eigenvalue weighted by Gasteiger charge is 2.07. The van der Waals surface area contributed by atoms with E-state index in [1.54, 1.807) is 30.6 Å². The van der Waals surface area contributed by atoms with Gasteiger partial charge in [0.1, 0.15) is 0 Å². The van der Waals surface area contributed by atoms with Gasteiger partial charge in [-0.05, 0) is 30.2 Å². The third-order valence-electron chi connectivity index (χ3n) is 3.54. The Hall–Kier alpha value is -3.41. The van der Waals surface area contributed by atoms with Gasteiger partial charge in [0.25, 0.3) is 0 Å². The van der Waals surface area contributed by atoms with Crippen molar-refractivity contribution in [2.75, 3.05) is 5.73 Å². The predicted octanol–water partition coefficient (Wildman–Crippen LogP) is 3.02. The Morgan fingerprint density at radius 3 is 2.75 bits per heavy atom. The van der Waals surface area contributed by atoms with Gasteiger partial charge in [-0.25, -0.2) is 14.5 Å². The molecule has 0 saturated carbocycles. The van der Waals surface area contributed by atoms with Crippen LogP contribution in [0.4, 0.5) is 5.95 Å². The number of carboxylic acids is 1. The van der Waals surface area contributed by atoms with Gasteiger partial charge in [0, 0.05) is 5.56 Å². The van der Waals surface area contributed by atoms with Crippen molar-refractivity contribution in [1.82, 2.24) is 9.66 Å². The average Bonchev–Trinajstić information content (AvgIpc) is 2.91. The number of carbonyl (C=O) groups is 1. The van der Waals surface area contributed by atoms with Gasteiger partial charge in [0.2, 0.25) is 5.95 Å². The van der Waals surface area contributed by atoms with E-state index in [1.165, 1.54) is 4.68 Å². The summed E-state index contributed by atoms with van der Waals surface area (Å²) in [7, 11) is 0. The van der Waals surface area contributed by atoms with E-state index < -0.39 is 5.97 Å². The van der Waals surface area contributed by atoms with E-state index in [1.807, 2.05) is 37.3 Å². The molecule has 6 nitrogen and oxygen atoms in total. The summed E-state index contributed by atoms with van der Waals surface area (Å²) in [6, 6.07) is 14.4. The lowest BCUT2D eigenvalue weighted by Gasteiger charge is -2.07. The lowest BCUT2D eigenvalue weighted by molar-refractivity contribution is 0.0697. The lowest BCUT2D eigenvalue weighted by Crippen LogP contribution is -1.98. The molecule has 1 heterocycles. The summed E-state index contributed by atoms with van der Waals surface area (Å²) in [4.78, 5) is 15.3. The molecule has 0 aliphatic carbocycles. The number of aryl methyl sites for hydroxylation is 1. The van der Waals surface area contributed by atoms with Gasteiger partial charge in [-0.1, -0.05) is 36.4 Å². The molecule has 3 aromatic rings. The number of nitrogens with two attached hydrogens (primary N) is 1. The molecule has 0 aliphatic heterocycles. The molecule has 6 heteroatoms. The molecule has 0 bridgehead atoms. The van der Waals surface area contributed by atoms with E-state index in [0.717, 1.165) is 22.4 Å². The SMILES string of the molecule is Cc1cn(N=Cc2ccccc2-c2cccc(C(=O)O)c2)c(N)n1. The maximum absolute atomic E-state index is 11.2. The van der Waals surface area contributed by atoms with Crippen LogP contribution < -0.4 is 5.73 Å².